The molecule has 0 fully saturated rings. The first-order chi connectivity index (χ1) is 12.5. The molecule has 2 heterocycles. The van der Waals surface area contributed by atoms with Crippen LogP contribution in [0.15, 0.2) is 18.5 Å². The number of hydrogen-bond acceptors (Lipinski definition) is 9. The van der Waals surface area contributed by atoms with Crippen LogP contribution in [0.1, 0.15) is 10.7 Å². The van der Waals surface area contributed by atoms with Crippen LogP contribution in [0.2, 0.25) is 0 Å². The van der Waals surface area contributed by atoms with Gasteiger partial charge >= 0.3 is 0 Å². The van der Waals surface area contributed by atoms with Crippen molar-refractivity contribution in [3.05, 3.63) is 29.2 Å². The molecule has 0 aliphatic rings. The number of methoxy groups -OCH3 is 3. The minimum atomic E-state index is 0.412. The van der Waals surface area contributed by atoms with Gasteiger partial charge in [-0.05, 0) is 13.8 Å². The molecule has 2 aromatic heterocycles. The number of nitrogens with zero attached hydrogens (tertiary/aromatic N) is 4. The lowest BCUT2D eigenvalue weighted by atomic mass is 10.2. The molecular weight excluding hydrogens is 354 g/mol. The van der Waals surface area contributed by atoms with E-state index in [0.29, 0.717) is 34.7 Å². The molecule has 0 unspecified atom stereocenters. The second-order valence-corrected chi connectivity index (χ2v) is 6.52. The van der Waals surface area contributed by atoms with E-state index >= 15 is 0 Å². The number of aryl methyl sites for hydroxylation is 2. The van der Waals surface area contributed by atoms with E-state index in [9.17, 15) is 0 Å². The van der Waals surface area contributed by atoms with Crippen LogP contribution >= 0.6 is 11.3 Å². The number of ether oxygens (including phenoxy) is 3. The molecule has 0 spiro atoms. The average molecular weight is 373 g/mol. The van der Waals surface area contributed by atoms with Crippen molar-refractivity contribution in [2.75, 3.05) is 26.6 Å². The normalized spacial score (nSPS) is 10.5. The highest BCUT2D eigenvalue weighted by molar-refractivity contribution is 7.15. The number of benzene rings is 1. The van der Waals surface area contributed by atoms with Crippen LogP contribution in [0.4, 0.5) is 11.6 Å². The minimum Gasteiger partial charge on any atom is -0.493 e. The molecule has 0 atom stereocenters. The summed E-state index contributed by atoms with van der Waals surface area (Å²) in [7, 11) is 4.69. The monoisotopic (exact) mass is 373 g/mol. The molecule has 0 bridgehead atoms. The Hall–Kier alpha value is -2.94. The Balaban J connectivity index is 1.94. The molecule has 0 aliphatic carbocycles. The highest BCUT2D eigenvalue weighted by atomic mass is 32.1. The van der Waals surface area contributed by atoms with Crippen molar-refractivity contribution in [3.8, 4) is 28.0 Å². The van der Waals surface area contributed by atoms with Gasteiger partial charge in [0.05, 0.1) is 36.9 Å². The first-order valence-electron chi connectivity index (χ1n) is 7.76. The lowest BCUT2D eigenvalue weighted by Gasteiger charge is -2.14. The number of hydrogen-bond donors (Lipinski definition) is 1. The average Bonchev–Trinajstić information content (AvgIpc) is 2.99. The van der Waals surface area contributed by atoms with Gasteiger partial charge in [0.2, 0.25) is 11.7 Å². The number of thiazole rings is 1. The molecule has 0 saturated heterocycles. The highest BCUT2D eigenvalue weighted by Crippen LogP contribution is 2.40. The molecule has 136 valence electrons. The van der Waals surface area contributed by atoms with Gasteiger partial charge in [-0.3, -0.25) is 0 Å². The van der Waals surface area contributed by atoms with E-state index in [1.54, 1.807) is 44.8 Å². The van der Waals surface area contributed by atoms with Crippen molar-refractivity contribution in [2.45, 2.75) is 13.8 Å². The molecular formula is C17H19N5O3S. The summed E-state index contributed by atoms with van der Waals surface area (Å²) >= 11 is 1.55. The molecule has 3 aromatic rings. The SMILES string of the molecule is COc1cc(Nc2ncnc(-c3sc(C)nc3C)n2)cc(OC)c1OC. The Morgan fingerprint density at radius 2 is 1.62 bits per heavy atom. The predicted octanol–water partition coefficient (Wildman–Crippen LogP) is 3.38. The van der Waals surface area contributed by atoms with Crippen molar-refractivity contribution in [1.29, 1.82) is 0 Å². The van der Waals surface area contributed by atoms with E-state index in [4.69, 9.17) is 14.2 Å². The van der Waals surface area contributed by atoms with Crippen molar-refractivity contribution in [3.63, 3.8) is 0 Å². The predicted molar refractivity (Wildman–Crippen MR) is 99.8 cm³/mol. The maximum Gasteiger partial charge on any atom is 0.230 e. The Morgan fingerprint density at radius 1 is 0.923 bits per heavy atom. The zero-order chi connectivity index (χ0) is 18.7. The number of nitrogens with one attached hydrogen (secondary N) is 1. The largest absolute Gasteiger partial charge is 0.493 e. The van der Waals surface area contributed by atoms with Crippen molar-refractivity contribution in [1.82, 2.24) is 19.9 Å². The fraction of sp³-hybridized carbons (Fsp3) is 0.294. The van der Waals surface area contributed by atoms with Gasteiger partial charge in [0.1, 0.15) is 6.33 Å². The van der Waals surface area contributed by atoms with Crippen LogP contribution in [0.5, 0.6) is 17.2 Å². The fourth-order valence-electron chi connectivity index (χ4n) is 2.49. The molecule has 0 aliphatic heterocycles. The summed E-state index contributed by atoms with van der Waals surface area (Å²) in [4.78, 5) is 18.3. The third-order valence-corrected chi connectivity index (χ3v) is 4.67. The van der Waals surface area contributed by atoms with Gasteiger partial charge in [-0.25, -0.2) is 15.0 Å². The van der Waals surface area contributed by atoms with Crippen LogP contribution in [0.3, 0.4) is 0 Å². The zero-order valence-corrected chi connectivity index (χ0v) is 16.0. The van der Waals surface area contributed by atoms with Gasteiger partial charge in [0, 0.05) is 17.8 Å². The Kier molecular flexibility index (Phi) is 5.17. The Morgan fingerprint density at radius 3 is 2.15 bits per heavy atom. The van der Waals surface area contributed by atoms with E-state index < -0.39 is 0 Å². The second kappa shape index (κ2) is 7.52. The summed E-state index contributed by atoms with van der Waals surface area (Å²) in [5.74, 6) is 2.59. The lowest BCUT2D eigenvalue weighted by Crippen LogP contribution is -2.02. The Bertz CT molecular complexity index is 904. The van der Waals surface area contributed by atoms with Crippen LogP contribution in [-0.2, 0) is 0 Å². The van der Waals surface area contributed by atoms with Gasteiger partial charge in [0.15, 0.2) is 17.3 Å². The summed E-state index contributed by atoms with van der Waals surface area (Å²) in [5, 5.41) is 4.12. The molecule has 9 heteroatoms. The molecule has 0 radical (unpaired) electrons. The number of aromatic nitrogens is 4. The molecule has 0 amide bonds. The van der Waals surface area contributed by atoms with Crippen molar-refractivity contribution >= 4 is 23.0 Å². The van der Waals surface area contributed by atoms with E-state index in [-0.39, 0.29) is 0 Å². The summed E-state index contributed by atoms with van der Waals surface area (Å²) in [5.41, 5.74) is 1.60. The summed E-state index contributed by atoms with van der Waals surface area (Å²) < 4.78 is 16.1. The van der Waals surface area contributed by atoms with Gasteiger partial charge in [0.25, 0.3) is 0 Å². The topological polar surface area (TPSA) is 91.3 Å². The third-order valence-electron chi connectivity index (χ3n) is 3.60. The van der Waals surface area contributed by atoms with Gasteiger partial charge < -0.3 is 19.5 Å². The second-order valence-electron chi connectivity index (χ2n) is 5.32. The standard InChI is InChI=1S/C17H19N5O3S/c1-9-15(26-10(2)20-9)16-18-8-19-17(22-16)21-11-6-12(23-3)14(25-5)13(7-11)24-4/h6-8H,1-5H3,(H,18,19,21,22). The zero-order valence-electron chi connectivity index (χ0n) is 15.2. The first-order valence-corrected chi connectivity index (χ1v) is 8.57. The smallest absolute Gasteiger partial charge is 0.230 e. The number of anilines is 2. The molecule has 3 rings (SSSR count). The minimum absolute atomic E-state index is 0.412. The van der Waals surface area contributed by atoms with Gasteiger partial charge in [-0.2, -0.15) is 4.98 Å². The molecule has 26 heavy (non-hydrogen) atoms. The van der Waals surface area contributed by atoms with E-state index in [1.807, 2.05) is 13.8 Å². The first kappa shape index (κ1) is 17.9. The van der Waals surface area contributed by atoms with Gasteiger partial charge in [-0.15, -0.1) is 11.3 Å². The maximum atomic E-state index is 5.36. The van der Waals surface area contributed by atoms with Crippen LogP contribution in [0, 0.1) is 13.8 Å². The molecule has 1 N–H and O–H groups in total. The summed E-state index contributed by atoms with van der Waals surface area (Å²) in [6.07, 6.45) is 1.47. The van der Waals surface area contributed by atoms with E-state index in [2.05, 4.69) is 25.3 Å². The molecule has 1 aromatic carbocycles. The summed E-state index contributed by atoms with van der Waals surface area (Å²) in [6, 6.07) is 3.57. The van der Waals surface area contributed by atoms with Gasteiger partial charge in [-0.1, -0.05) is 0 Å². The van der Waals surface area contributed by atoms with Crippen molar-refractivity contribution in [2.24, 2.45) is 0 Å². The van der Waals surface area contributed by atoms with Crippen LogP contribution in [-0.4, -0.2) is 41.3 Å². The number of rotatable bonds is 6. The quantitative estimate of drug-likeness (QED) is 0.703. The maximum absolute atomic E-state index is 5.36. The van der Waals surface area contributed by atoms with Crippen molar-refractivity contribution < 1.29 is 14.2 Å². The highest BCUT2D eigenvalue weighted by Gasteiger charge is 2.15. The summed E-state index contributed by atoms with van der Waals surface area (Å²) in [6.45, 7) is 3.90. The van der Waals surface area contributed by atoms with Crippen LogP contribution in [0.25, 0.3) is 10.7 Å². The molecule has 8 nitrogen and oxygen atoms in total. The lowest BCUT2D eigenvalue weighted by molar-refractivity contribution is 0.324. The molecule has 0 saturated carbocycles. The van der Waals surface area contributed by atoms with E-state index in [1.165, 1.54) is 6.33 Å². The Labute approximate surface area is 155 Å². The third kappa shape index (κ3) is 3.52. The van der Waals surface area contributed by atoms with Crippen LogP contribution < -0.4 is 19.5 Å². The van der Waals surface area contributed by atoms with E-state index in [0.717, 1.165) is 15.6 Å². The fourth-order valence-corrected chi connectivity index (χ4v) is 3.35.